The predicted molar refractivity (Wildman–Crippen MR) is 133 cm³/mol. The second-order valence-corrected chi connectivity index (χ2v) is 10.5. The number of carbonyl (C=O) groups excluding carboxylic acids is 1. The van der Waals surface area contributed by atoms with Gasteiger partial charge in [0.1, 0.15) is 5.69 Å². The largest absolute Gasteiger partial charge is 0.355 e. The second kappa shape index (κ2) is 9.95. The van der Waals surface area contributed by atoms with Gasteiger partial charge in [0.15, 0.2) is 10.7 Å². The maximum Gasteiger partial charge on any atom is 0.248 e. The molecule has 7 nitrogen and oxygen atoms in total. The SMILES string of the molecule is Cc1cccc(NC(=O)C2CCCN(S(=O)(=O)c3c(C)noc3/C=C/c3ccccc3)C2)c1C. The van der Waals surface area contributed by atoms with Crippen molar-refractivity contribution in [1.29, 1.82) is 0 Å². The van der Waals surface area contributed by atoms with Crippen molar-refractivity contribution < 1.29 is 17.7 Å². The lowest BCUT2D eigenvalue weighted by molar-refractivity contribution is -0.120. The molecule has 2 aromatic carbocycles. The number of nitrogens with one attached hydrogen (secondary N) is 1. The minimum absolute atomic E-state index is 0.0512. The Hall–Kier alpha value is -3.23. The standard InChI is InChI=1S/C26H29N3O4S/c1-18-9-7-13-23(19(18)2)27-26(30)22-12-8-16-29(17-22)34(31,32)25-20(3)28-33-24(25)15-14-21-10-5-4-6-11-21/h4-7,9-11,13-15,22H,8,12,16-17H2,1-3H3,(H,27,30)/b15-14+. The van der Waals surface area contributed by atoms with Gasteiger partial charge in [-0.15, -0.1) is 0 Å². The minimum atomic E-state index is -3.89. The van der Waals surface area contributed by atoms with Crippen molar-refractivity contribution >= 4 is 33.8 Å². The Balaban J connectivity index is 1.54. The number of hydrogen-bond acceptors (Lipinski definition) is 5. The number of rotatable bonds is 6. The molecule has 1 aliphatic heterocycles. The summed E-state index contributed by atoms with van der Waals surface area (Å²) in [4.78, 5) is 13.1. The molecule has 0 saturated carbocycles. The summed E-state index contributed by atoms with van der Waals surface area (Å²) in [6.07, 6.45) is 4.64. The number of hydrogen-bond donors (Lipinski definition) is 1. The molecule has 2 heterocycles. The molecule has 0 spiro atoms. The molecule has 0 bridgehead atoms. The zero-order chi connectivity index (χ0) is 24.3. The molecular weight excluding hydrogens is 450 g/mol. The molecule has 8 heteroatoms. The van der Waals surface area contributed by atoms with E-state index >= 15 is 0 Å². The highest BCUT2D eigenvalue weighted by Gasteiger charge is 2.37. The molecule has 178 valence electrons. The molecule has 1 aromatic heterocycles. The Morgan fingerprint density at radius 3 is 2.62 bits per heavy atom. The molecule has 1 saturated heterocycles. The number of anilines is 1. The molecule has 0 aliphatic carbocycles. The minimum Gasteiger partial charge on any atom is -0.355 e. The smallest absolute Gasteiger partial charge is 0.248 e. The summed E-state index contributed by atoms with van der Waals surface area (Å²) in [5.41, 5.74) is 4.07. The van der Waals surface area contributed by atoms with Crippen LogP contribution >= 0.6 is 0 Å². The van der Waals surface area contributed by atoms with Crippen LogP contribution in [0.3, 0.4) is 0 Å². The normalized spacial score (nSPS) is 17.2. The van der Waals surface area contributed by atoms with E-state index in [0.717, 1.165) is 22.4 Å². The van der Waals surface area contributed by atoms with E-state index in [4.69, 9.17) is 4.52 Å². The lowest BCUT2D eigenvalue weighted by Crippen LogP contribution is -2.44. The number of sulfonamides is 1. The summed E-state index contributed by atoms with van der Waals surface area (Å²) >= 11 is 0. The van der Waals surface area contributed by atoms with Crippen molar-refractivity contribution in [3.05, 3.63) is 76.7 Å². The number of aromatic nitrogens is 1. The summed E-state index contributed by atoms with van der Waals surface area (Å²) in [6.45, 7) is 6.03. The zero-order valence-electron chi connectivity index (χ0n) is 19.6. The topological polar surface area (TPSA) is 92.5 Å². The number of amides is 1. The first-order valence-corrected chi connectivity index (χ1v) is 12.8. The fraction of sp³-hybridized carbons (Fsp3) is 0.308. The van der Waals surface area contributed by atoms with Crippen molar-refractivity contribution in [1.82, 2.24) is 9.46 Å². The highest BCUT2D eigenvalue weighted by Crippen LogP contribution is 2.30. The first kappa shape index (κ1) is 23.9. The van der Waals surface area contributed by atoms with Crippen LogP contribution in [0, 0.1) is 26.7 Å². The van der Waals surface area contributed by atoms with Crippen LogP contribution in [0.1, 0.15) is 41.0 Å². The number of aryl methyl sites for hydroxylation is 2. The Morgan fingerprint density at radius 2 is 1.85 bits per heavy atom. The summed E-state index contributed by atoms with van der Waals surface area (Å²) < 4.78 is 33.9. The van der Waals surface area contributed by atoms with E-state index in [2.05, 4.69) is 10.5 Å². The summed E-state index contributed by atoms with van der Waals surface area (Å²) in [6, 6.07) is 15.3. The van der Waals surface area contributed by atoms with Gasteiger partial charge in [-0.25, -0.2) is 8.42 Å². The van der Waals surface area contributed by atoms with Crippen molar-refractivity contribution in [2.24, 2.45) is 5.92 Å². The molecular formula is C26H29N3O4S. The van der Waals surface area contributed by atoms with Gasteiger partial charge in [-0.2, -0.15) is 4.31 Å². The summed E-state index contributed by atoms with van der Waals surface area (Å²) in [7, 11) is -3.89. The van der Waals surface area contributed by atoms with E-state index in [1.165, 1.54) is 4.31 Å². The van der Waals surface area contributed by atoms with Crippen molar-refractivity contribution in [3.63, 3.8) is 0 Å². The van der Waals surface area contributed by atoms with Crippen molar-refractivity contribution in [2.45, 2.75) is 38.5 Å². The highest BCUT2D eigenvalue weighted by molar-refractivity contribution is 7.89. The van der Waals surface area contributed by atoms with Crippen LogP contribution in [0.2, 0.25) is 0 Å². The van der Waals surface area contributed by atoms with E-state index in [9.17, 15) is 13.2 Å². The van der Waals surface area contributed by atoms with E-state index in [1.807, 2.05) is 62.4 Å². The first-order chi connectivity index (χ1) is 16.3. The predicted octanol–water partition coefficient (Wildman–Crippen LogP) is 4.81. The lowest BCUT2D eigenvalue weighted by Gasteiger charge is -2.31. The van der Waals surface area contributed by atoms with Gasteiger partial charge in [-0.05, 0) is 62.4 Å². The molecule has 1 amide bonds. The average molecular weight is 480 g/mol. The van der Waals surface area contributed by atoms with Gasteiger partial charge in [-0.1, -0.05) is 53.7 Å². The van der Waals surface area contributed by atoms with Gasteiger partial charge in [0.25, 0.3) is 0 Å². The third kappa shape index (κ3) is 4.98. The maximum atomic E-state index is 13.6. The third-order valence-electron chi connectivity index (χ3n) is 6.28. The summed E-state index contributed by atoms with van der Waals surface area (Å²) in [5, 5.41) is 6.89. The Labute approximate surface area is 200 Å². The average Bonchev–Trinajstić information content (AvgIpc) is 3.22. The quantitative estimate of drug-likeness (QED) is 0.548. The zero-order valence-corrected chi connectivity index (χ0v) is 20.4. The van der Waals surface area contributed by atoms with Gasteiger partial charge in [0.2, 0.25) is 15.9 Å². The van der Waals surface area contributed by atoms with E-state index in [0.29, 0.717) is 25.1 Å². The molecule has 1 atom stereocenters. The van der Waals surface area contributed by atoms with Crippen LogP contribution in [0.4, 0.5) is 5.69 Å². The number of benzene rings is 2. The van der Waals surface area contributed by atoms with Gasteiger partial charge in [0.05, 0.1) is 5.92 Å². The molecule has 3 aromatic rings. The Kier molecular flexibility index (Phi) is 7.00. The second-order valence-electron chi connectivity index (χ2n) is 8.64. The van der Waals surface area contributed by atoms with E-state index in [1.54, 1.807) is 19.1 Å². The molecule has 1 unspecified atom stereocenters. The first-order valence-electron chi connectivity index (χ1n) is 11.3. The van der Waals surface area contributed by atoms with Crippen LogP contribution in [0.25, 0.3) is 12.2 Å². The molecule has 0 radical (unpaired) electrons. The molecule has 34 heavy (non-hydrogen) atoms. The number of piperidine rings is 1. The molecule has 4 rings (SSSR count). The number of carbonyl (C=O) groups is 1. The van der Waals surface area contributed by atoms with Gasteiger partial charge < -0.3 is 9.84 Å². The van der Waals surface area contributed by atoms with Gasteiger partial charge >= 0.3 is 0 Å². The molecule has 1 N–H and O–H groups in total. The van der Waals surface area contributed by atoms with Gasteiger partial charge in [0, 0.05) is 18.8 Å². The molecule has 1 aliphatic rings. The molecule has 1 fully saturated rings. The third-order valence-corrected chi connectivity index (χ3v) is 8.30. The van der Waals surface area contributed by atoms with E-state index < -0.39 is 15.9 Å². The van der Waals surface area contributed by atoms with Crippen LogP contribution in [0.5, 0.6) is 0 Å². The maximum absolute atomic E-state index is 13.6. The van der Waals surface area contributed by atoms with E-state index in [-0.39, 0.29) is 23.1 Å². The van der Waals surface area contributed by atoms with Crippen LogP contribution in [-0.4, -0.2) is 36.9 Å². The van der Waals surface area contributed by atoms with Crippen LogP contribution < -0.4 is 5.32 Å². The van der Waals surface area contributed by atoms with Crippen molar-refractivity contribution in [2.75, 3.05) is 18.4 Å². The Bertz CT molecular complexity index is 1310. The van der Waals surface area contributed by atoms with Gasteiger partial charge in [-0.3, -0.25) is 4.79 Å². The number of nitrogens with zero attached hydrogens (tertiary/aromatic N) is 2. The van der Waals surface area contributed by atoms with Crippen molar-refractivity contribution in [3.8, 4) is 0 Å². The highest BCUT2D eigenvalue weighted by atomic mass is 32.2. The van der Waals surface area contributed by atoms with Crippen LogP contribution in [0.15, 0.2) is 57.9 Å². The Morgan fingerprint density at radius 1 is 1.09 bits per heavy atom. The lowest BCUT2D eigenvalue weighted by atomic mass is 9.98. The van der Waals surface area contributed by atoms with Crippen LogP contribution in [-0.2, 0) is 14.8 Å². The monoisotopic (exact) mass is 479 g/mol. The summed E-state index contributed by atoms with van der Waals surface area (Å²) in [5.74, 6) is -0.421. The fourth-order valence-corrected chi connectivity index (χ4v) is 5.93. The fourth-order valence-electron chi connectivity index (χ4n) is 4.16.